The number of benzene rings is 2. The van der Waals surface area contributed by atoms with Crippen molar-refractivity contribution in [2.75, 3.05) is 5.88 Å². The molecule has 2 aromatic carbocycles. The monoisotopic (exact) mass is 685 g/mol. The van der Waals surface area contributed by atoms with Gasteiger partial charge in [0, 0.05) is 23.3 Å². The van der Waals surface area contributed by atoms with E-state index < -0.39 is 27.4 Å². The summed E-state index contributed by atoms with van der Waals surface area (Å²) in [7, 11) is -3.94. The summed E-state index contributed by atoms with van der Waals surface area (Å²) in [5.41, 5.74) is 0.852. The van der Waals surface area contributed by atoms with Crippen molar-refractivity contribution in [3.8, 4) is 17.1 Å². The van der Waals surface area contributed by atoms with Crippen molar-refractivity contribution in [3.63, 3.8) is 0 Å². The number of rotatable bonds is 10. The predicted molar refractivity (Wildman–Crippen MR) is 186 cm³/mol. The zero-order chi connectivity index (χ0) is 34.3. The predicted octanol–water partition coefficient (Wildman–Crippen LogP) is 4.78. The number of amides is 1. The van der Waals surface area contributed by atoms with Crippen LogP contribution in [-0.2, 0) is 16.8 Å². The maximum atomic E-state index is 13.3. The molecule has 6 rings (SSSR count). The third kappa shape index (κ3) is 7.48. The van der Waals surface area contributed by atoms with Gasteiger partial charge in [-0.25, -0.2) is 22.4 Å². The normalized spacial score (nSPS) is 11.6. The summed E-state index contributed by atoms with van der Waals surface area (Å²) in [5, 5.41) is 4.27. The van der Waals surface area contributed by atoms with Gasteiger partial charge in [-0.3, -0.25) is 23.9 Å². The van der Waals surface area contributed by atoms with Gasteiger partial charge in [0.15, 0.2) is 12.6 Å². The highest BCUT2D eigenvalue weighted by Gasteiger charge is 2.19. The Kier molecular flexibility index (Phi) is 10.4. The highest BCUT2D eigenvalue weighted by atomic mass is 32.2. The van der Waals surface area contributed by atoms with Crippen molar-refractivity contribution < 1.29 is 17.9 Å². The SMILES string of the molecule is C/C=C\C=C/c1cccn1S(=O)(=O)CNC(=O)c1cc2c(=O)n(COc3ccc4cc(-c5nsc(=O)[nH]5)ccc4c3)cnc2cn1.CC. The molecule has 4 heterocycles. The molecule has 0 aliphatic carbocycles. The number of hydrogen-bond donors (Lipinski definition) is 2. The quantitative estimate of drug-likeness (QED) is 0.193. The summed E-state index contributed by atoms with van der Waals surface area (Å²) in [6.45, 7) is 5.68. The molecule has 48 heavy (non-hydrogen) atoms. The van der Waals surface area contributed by atoms with Gasteiger partial charge in [-0.2, -0.15) is 4.37 Å². The molecule has 0 radical (unpaired) electrons. The van der Waals surface area contributed by atoms with E-state index in [-0.39, 0.29) is 28.2 Å². The molecule has 0 unspecified atom stereocenters. The van der Waals surface area contributed by atoms with Crippen LogP contribution in [0.4, 0.5) is 0 Å². The minimum Gasteiger partial charge on any atom is -0.473 e. The minimum atomic E-state index is -3.94. The van der Waals surface area contributed by atoms with Crippen LogP contribution in [0, 0.1) is 0 Å². The summed E-state index contributed by atoms with van der Waals surface area (Å²) in [6, 6.07) is 15.5. The summed E-state index contributed by atoms with van der Waals surface area (Å²) >= 11 is 0.857. The van der Waals surface area contributed by atoms with E-state index in [9.17, 15) is 22.8 Å². The van der Waals surface area contributed by atoms with E-state index in [1.165, 1.54) is 29.4 Å². The van der Waals surface area contributed by atoms with Crippen LogP contribution in [-0.4, -0.2) is 48.1 Å². The van der Waals surface area contributed by atoms with Crippen molar-refractivity contribution in [1.82, 2.24) is 33.2 Å². The van der Waals surface area contributed by atoms with Gasteiger partial charge in [0.2, 0.25) is 0 Å². The zero-order valence-electron chi connectivity index (χ0n) is 26.2. The van der Waals surface area contributed by atoms with Gasteiger partial charge < -0.3 is 10.1 Å². The Labute approximate surface area is 279 Å². The number of ether oxygens (including phenoxy) is 1. The maximum Gasteiger partial charge on any atom is 0.323 e. The molecule has 246 valence electrons. The average Bonchev–Trinajstić information content (AvgIpc) is 3.77. The molecule has 6 aromatic rings. The number of nitrogens with zero attached hydrogens (tertiary/aromatic N) is 5. The number of carbonyl (C=O) groups is 1. The van der Waals surface area contributed by atoms with Crippen molar-refractivity contribution in [2.45, 2.75) is 27.5 Å². The fraction of sp³-hybridized carbons (Fsp3) is 0.152. The second-order valence-electron chi connectivity index (χ2n) is 9.92. The third-order valence-electron chi connectivity index (χ3n) is 6.87. The smallest absolute Gasteiger partial charge is 0.323 e. The number of hydrogen-bond acceptors (Lipinski definition) is 10. The van der Waals surface area contributed by atoms with Gasteiger partial charge in [-0.05, 0) is 60.2 Å². The van der Waals surface area contributed by atoms with E-state index in [2.05, 4.69) is 24.6 Å². The van der Waals surface area contributed by atoms with Crippen LogP contribution in [0.15, 0.2) is 101 Å². The van der Waals surface area contributed by atoms with Crippen LogP contribution in [0.2, 0.25) is 0 Å². The fourth-order valence-corrected chi connectivity index (χ4v) is 6.20. The Morgan fingerprint density at radius 1 is 1.04 bits per heavy atom. The lowest BCUT2D eigenvalue weighted by molar-refractivity contribution is 0.0955. The number of aromatic amines is 1. The molecule has 15 heteroatoms. The second-order valence-corrected chi connectivity index (χ2v) is 12.5. The van der Waals surface area contributed by atoms with Crippen LogP contribution < -0.4 is 20.5 Å². The van der Waals surface area contributed by atoms with Crippen LogP contribution >= 0.6 is 11.5 Å². The van der Waals surface area contributed by atoms with Gasteiger partial charge in [0.25, 0.3) is 21.5 Å². The molecular formula is C33H31N7O6S2. The first-order valence-electron chi connectivity index (χ1n) is 14.8. The van der Waals surface area contributed by atoms with Crippen LogP contribution in [0.25, 0.3) is 39.1 Å². The van der Waals surface area contributed by atoms with Gasteiger partial charge in [-0.15, -0.1) is 0 Å². The van der Waals surface area contributed by atoms with Crippen molar-refractivity contribution in [1.29, 1.82) is 0 Å². The van der Waals surface area contributed by atoms with E-state index in [1.807, 2.05) is 57.2 Å². The van der Waals surface area contributed by atoms with E-state index in [0.717, 1.165) is 31.8 Å². The van der Waals surface area contributed by atoms with E-state index in [0.29, 0.717) is 17.3 Å². The van der Waals surface area contributed by atoms with Crippen LogP contribution in [0.3, 0.4) is 0 Å². The highest BCUT2D eigenvalue weighted by Crippen LogP contribution is 2.25. The van der Waals surface area contributed by atoms with Gasteiger partial charge in [0.05, 0.1) is 22.8 Å². The number of nitrogens with one attached hydrogen (secondary N) is 2. The van der Waals surface area contributed by atoms with Crippen molar-refractivity contribution in [3.05, 3.63) is 123 Å². The summed E-state index contributed by atoms with van der Waals surface area (Å²) in [4.78, 5) is 48.4. The van der Waals surface area contributed by atoms with Gasteiger partial charge in [-0.1, -0.05) is 50.3 Å². The Hall–Kier alpha value is -5.67. The number of aromatic nitrogens is 6. The van der Waals surface area contributed by atoms with Crippen LogP contribution in [0.5, 0.6) is 5.75 Å². The molecule has 0 aliphatic rings. The highest BCUT2D eigenvalue weighted by molar-refractivity contribution is 7.89. The number of pyridine rings is 1. The van der Waals surface area contributed by atoms with Crippen molar-refractivity contribution in [2.24, 2.45) is 0 Å². The average molecular weight is 686 g/mol. The Balaban J connectivity index is 0.00000221. The van der Waals surface area contributed by atoms with E-state index in [1.54, 1.807) is 36.4 Å². The molecule has 0 atom stereocenters. The third-order valence-corrected chi connectivity index (χ3v) is 8.85. The standard InChI is InChI=1S/C31H25N7O6S2.C2H6/c1-2-3-4-6-23-7-5-12-38(23)46(42,43)18-34-29(39)26-15-25-27(16-32-26)33-17-37(30(25)40)19-44-24-11-10-20-13-22(9-8-21(20)14-24)28-35-31(41)45-36-28;1-2/h2-17H,18-19H2,1H3,(H,34,39)(H,35,36,41);1-2H3/b3-2-,6-4-;. The summed E-state index contributed by atoms with van der Waals surface area (Å²) in [6.07, 6.45) is 10.9. The number of allylic oxidation sites excluding steroid dienone is 3. The minimum absolute atomic E-state index is 0.113. The number of H-pyrrole nitrogens is 1. The van der Waals surface area contributed by atoms with E-state index >= 15 is 0 Å². The lowest BCUT2D eigenvalue weighted by Gasteiger charge is -2.11. The Morgan fingerprint density at radius 2 is 1.83 bits per heavy atom. The summed E-state index contributed by atoms with van der Waals surface area (Å²) < 4.78 is 38.1. The topological polar surface area (TPSA) is 171 Å². The van der Waals surface area contributed by atoms with Gasteiger partial charge >= 0.3 is 4.87 Å². The molecule has 4 aromatic heterocycles. The largest absolute Gasteiger partial charge is 0.473 e. The van der Waals surface area contributed by atoms with E-state index in [4.69, 9.17) is 4.74 Å². The Bertz CT molecular complexity index is 2390. The Morgan fingerprint density at radius 3 is 2.60 bits per heavy atom. The lowest BCUT2D eigenvalue weighted by Crippen LogP contribution is -2.33. The molecule has 2 N–H and O–H groups in total. The number of carbonyl (C=O) groups excluding carboxylic acids is 1. The molecular weight excluding hydrogens is 655 g/mol. The summed E-state index contributed by atoms with van der Waals surface area (Å²) in [5.74, 6) is -0.447. The number of fused-ring (bicyclic) bond motifs is 2. The lowest BCUT2D eigenvalue weighted by atomic mass is 10.1. The zero-order valence-corrected chi connectivity index (χ0v) is 27.8. The fourth-order valence-electron chi connectivity index (χ4n) is 4.58. The molecule has 0 bridgehead atoms. The van der Waals surface area contributed by atoms with Crippen LogP contribution in [0.1, 0.15) is 37.0 Å². The molecule has 0 fully saturated rings. The van der Waals surface area contributed by atoms with Crippen molar-refractivity contribution >= 4 is 55.2 Å². The molecule has 0 aliphatic heterocycles. The first-order chi connectivity index (χ1) is 23.2. The molecule has 0 saturated carbocycles. The van der Waals surface area contributed by atoms with Gasteiger partial charge in [0.1, 0.15) is 23.6 Å². The first kappa shape index (κ1) is 33.7. The molecule has 0 spiro atoms. The second kappa shape index (κ2) is 14.8. The first-order valence-corrected chi connectivity index (χ1v) is 17.2. The molecule has 13 nitrogen and oxygen atoms in total. The maximum absolute atomic E-state index is 13.3. The molecule has 1 amide bonds. The molecule has 0 saturated heterocycles.